The van der Waals surface area contributed by atoms with Crippen LogP contribution in [0.4, 0.5) is 0 Å². The summed E-state index contributed by atoms with van der Waals surface area (Å²) in [4.78, 5) is 0. The Bertz CT molecular complexity index is 521. The minimum Gasteiger partial charge on any atom is -0.0620 e. The van der Waals surface area contributed by atoms with Gasteiger partial charge in [0.05, 0.1) is 0 Å². The standard InChI is InChI=1S/C17H20/c1-12(2)15-11-7-9-14(4)17(15)16-10-6-5-8-13(16)3/h5-12H,1-4H3. The fourth-order valence-corrected chi connectivity index (χ4v) is 2.39. The number of rotatable bonds is 2. The molecule has 0 N–H and O–H groups in total. The highest BCUT2D eigenvalue weighted by Gasteiger charge is 2.12. The van der Waals surface area contributed by atoms with Gasteiger partial charge in [0.15, 0.2) is 0 Å². The average molecular weight is 224 g/mol. The Labute approximate surface area is 104 Å². The molecule has 2 aromatic carbocycles. The summed E-state index contributed by atoms with van der Waals surface area (Å²) in [6.07, 6.45) is 0. The summed E-state index contributed by atoms with van der Waals surface area (Å²) in [7, 11) is 0. The van der Waals surface area contributed by atoms with Gasteiger partial charge in [-0.15, -0.1) is 0 Å². The van der Waals surface area contributed by atoms with E-state index in [1.165, 1.54) is 27.8 Å². The topological polar surface area (TPSA) is 0 Å². The molecule has 0 radical (unpaired) electrons. The van der Waals surface area contributed by atoms with Crippen LogP contribution in [0.3, 0.4) is 0 Å². The van der Waals surface area contributed by atoms with Crippen molar-refractivity contribution in [2.45, 2.75) is 33.6 Å². The van der Waals surface area contributed by atoms with Crippen molar-refractivity contribution in [3.05, 3.63) is 59.2 Å². The largest absolute Gasteiger partial charge is 0.0620 e. The van der Waals surface area contributed by atoms with E-state index in [1.54, 1.807) is 0 Å². The summed E-state index contributed by atoms with van der Waals surface area (Å²) in [5.74, 6) is 0.560. The maximum Gasteiger partial charge on any atom is -0.0117 e. The van der Waals surface area contributed by atoms with E-state index in [2.05, 4.69) is 70.2 Å². The molecule has 0 bridgehead atoms. The van der Waals surface area contributed by atoms with Crippen LogP contribution in [-0.4, -0.2) is 0 Å². The Morgan fingerprint density at radius 3 is 2.06 bits per heavy atom. The van der Waals surface area contributed by atoms with Crippen LogP contribution in [0.1, 0.15) is 36.5 Å². The van der Waals surface area contributed by atoms with Gasteiger partial charge in [-0.3, -0.25) is 0 Å². The summed E-state index contributed by atoms with van der Waals surface area (Å²) < 4.78 is 0. The first kappa shape index (κ1) is 11.9. The van der Waals surface area contributed by atoms with Gasteiger partial charge in [0.25, 0.3) is 0 Å². The Morgan fingerprint density at radius 2 is 1.41 bits per heavy atom. The van der Waals surface area contributed by atoms with E-state index in [-0.39, 0.29) is 0 Å². The highest BCUT2D eigenvalue weighted by atomic mass is 14.2. The van der Waals surface area contributed by atoms with E-state index in [0.717, 1.165) is 0 Å². The molecular formula is C17H20. The fraction of sp³-hybridized carbons (Fsp3) is 0.294. The van der Waals surface area contributed by atoms with Gasteiger partial charge in [-0.05, 0) is 47.6 Å². The lowest BCUT2D eigenvalue weighted by molar-refractivity contribution is 0.867. The van der Waals surface area contributed by atoms with Crippen LogP contribution < -0.4 is 0 Å². The van der Waals surface area contributed by atoms with Crippen molar-refractivity contribution in [1.82, 2.24) is 0 Å². The molecule has 0 aromatic heterocycles. The first-order valence-corrected chi connectivity index (χ1v) is 6.26. The summed E-state index contributed by atoms with van der Waals surface area (Å²) >= 11 is 0. The second-order valence-corrected chi connectivity index (χ2v) is 5.01. The van der Waals surface area contributed by atoms with Crippen LogP contribution in [0.25, 0.3) is 11.1 Å². The third-order valence-corrected chi connectivity index (χ3v) is 3.34. The zero-order valence-corrected chi connectivity index (χ0v) is 11.1. The molecule has 17 heavy (non-hydrogen) atoms. The molecule has 0 unspecified atom stereocenters. The molecule has 0 amide bonds. The normalized spacial score (nSPS) is 10.9. The molecule has 2 aromatic rings. The molecule has 2 rings (SSSR count). The fourth-order valence-electron chi connectivity index (χ4n) is 2.39. The van der Waals surface area contributed by atoms with Gasteiger partial charge in [0.2, 0.25) is 0 Å². The minimum absolute atomic E-state index is 0.560. The molecule has 0 aliphatic rings. The van der Waals surface area contributed by atoms with Gasteiger partial charge < -0.3 is 0 Å². The van der Waals surface area contributed by atoms with Crippen LogP contribution in [-0.2, 0) is 0 Å². The Kier molecular flexibility index (Phi) is 3.33. The van der Waals surface area contributed by atoms with Crippen molar-refractivity contribution in [1.29, 1.82) is 0 Å². The van der Waals surface area contributed by atoms with Crippen molar-refractivity contribution < 1.29 is 0 Å². The maximum absolute atomic E-state index is 2.26. The molecule has 0 aliphatic heterocycles. The molecule has 0 heterocycles. The molecule has 0 fully saturated rings. The van der Waals surface area contributed by atoms with Crippen molar-refractivity contribution in [3.63, 3.8) is 0 Å². The molecule has 0 saturated heterocycles. The Balaban J connectivity index is 2.70. The number of benzene rings is 2. The molecule has 0 heteroatoms. The van der Waals surface area contributed by atoms with Gasteiger partial charge in [-0.2, -0.15) is 0 Å². The van der Waals surface area contributed by atoms with Crippen LogP contribution in [0.2, 0.25) is 0 Å². The molecular weight excluding hydrogens is 204 g/mol. The second-order valence-electron chi connectivity index (χ2n) is 5.01. The molecule has 0 atom stereocenters. The van der Waals surface area contributed by atoms with Gasteiger partial charge >= 0.3 is 0 Å². The monoisotopic (exact) mass is 224 g/mol. The predicted molar refractivity (Wildman–Crippen MR) is 75.4 cm³/mol. The van der Waals surface area contributed by atoms with Gasteiger partial charge in [-0.25, -0.2) is 0 Å². The van der Waals surface area contributed by atoms with E-state index in [1.807, 2.05) is 0 Å². The van der Waals surface area contributed by atoms with Crippen LogP contribution in [0.15, 0.2) is 42.5 Å². The second kappa shape index (κ2) is 4.75. The lowest BCUT2D eigenvalue weighted by Crippen LogP contribution is -1.96. The highest BCUT2D eigenvalue weighted by Crippen LogP contribution is 2.33. The summed E-state index contributed by atoms with van der Waals surface area (Å²) in [6, 6.07) is 15.2. The first-order valence-electron chi connectivity index (χ1n) is 6.26. The van der Waals surface area contributed by atoms with Crippen molar-refractivity contribution in [2.75, 3.05) is 0 Å². The van der Waals surface area contributed by atoms with Crippen molar-refractivity contribution in [2.24, 2.45) is 0 Å². The third-order valence-electron chi connectivity index (χ3n) is 3.34. The van der Waals surface area contributed by atoms with Crippen molar-refractivity contribution >= 4 is 0 Å². The third kappa shape index (κ3) is 2.26. The predicted octanol–water partition coefficient (Wildman–Crippen LogP) is 5.09. The Morgan fingerprint density at radius 1 is 0.765 bits per heavy atom. The molecule has 0 aliphatic carbocycles. The van der Waals surface area contributed by atoms with Gasteiger partial charge in [-0.1, -0.05) is 56.3 Å². The quantitative estimate of drug-likeness (QED) is 0.666. The van der Waals surface area contributed by atoms with Crippen LogP contribution in [0, 0.1) is 13.8 Å². The number of hydrogen-bond donors (Lipinski definition) is 0. The van der Waals surface area contributed by atoms with E-state index in [9.17, 15) is 0 Å². The van der Waals surface area contributed by atoms with Gasteiger partial charge in [0, 0.05) is 0 Å². The van der Waals surface area contributed by atoms with E-state index in [4.69, 9.17) is 0 Å². The lowest BCUT2D eigenvalue weighted by atomic mass is 9.87. The smallest absolute Gasteiger partial charge is 0.0117 e. The molecule has 0 spiro atoms. The number of hydrogen-bond acceptors (Lipinski definition) is 0. The van der Waals surface area contributed by atoms with Crippen molar-refractivity contribution in [3.8, 4) is 11.1 Å². The zero-order valence-electron chi connectivity index (χ0n) is 11.1. The number of aryl methyl sites for hydroxylation is 2. The first-order chi connectivity index (χ1) is 8.11. The summed E-state index contributed by atoms with van der Waals surface area (Å²) in [5, 5.41) is 0. The maximum atomic E-state index is 2.26. The minimum atomic E-state index is 0.560. The van der Waals surface area contributed by atoms with Gasteiger partial charge in [0.1, 0.15) is 0 Å². The highest BCUT2D eigenvalue weighted by molar-refractivity contribution is 5.74. The average Bonchev–Trinajstić information content (AvgIpc) is 2.30. The van der Waals surface area contributed by atoms with E-state index in [0.29, 0.717) is 5.92 Å². The summed E-state index contributed by atoms with van der Waals surface area (Å²) in [6.45, 7) is 8.91. The molecule has 0 saturated carbocycles. The zero-order chi connectivity index (χ0) is 12.4. The molecule has 88 valence electrons. The van der Waals surface area contributed by atoms with E-state index < -0.39 is 0 Å². The molecule has 0 nitrogen and oxygen atoms in total. The summed E-state index contributed by atoms with van der Waals surface area (Å²) in [5.41, 5.74) is 6.95. The SMILES string of the molecule is Cc1ccccc1-c1c(C)cccc1C(C)C. The Hall–Kier alpha value is -1.56. The van der Waals surface area contributed by atoms with Crippen LogP contribution >= 0.6 is 0 Å². The van der Waals surface area contributed by atoms with E-state index >= 15 is 0 Å². The lowest BCUT2D eigenvalue weighted by Gasteiger charge is -2.17. The van der Waals surface area contributed by atoms with Crippen LogP contribution in [0.5, 0.6) is 0 Å².